The molecule has 0 aliphatic carbocycles. The summed E-state index contributed by atoms with van der Waals surface area (Å²) in [6.07, 6.45) is 2.81. The van der Waals surface area contributed by atoms with E-state index in [1.54, 1.807) is 25.4 Å². The molecule has 1 unspecified atom stereocenters. The van der Waals surface area contributed by atoms with E-state index in [0.717, 1.165) is 5.01 Å². The van der Waals surface area contributed by atoms with Crippen molar-refractivity contribution in [1.82, 2.24) is 15.0 Å². The van der Waals surface area contributed by atoms with Crippen molar-refractivity contribution in [3.63, 3.8) is 0 Å². The molecule has 0 saturated heterocycles. The van der Waals surface area contributed by atoms with Crippen molar-refractivity contribution in [2.75, 3.05) is 0 Å². The van der Waals surface area contributed by atoms with Crippen LogP contribution < -0.4 is 0 Å². The van der Waals surface area contributed by atoms with Crippen LogP contribution in [0.2, 0.25) is 0 Å². The van der Waals surface area contributed by atoms with Crippen LogP contribution in [0.25, 0.3) is 10.8 Å². The maximum atomic E-state index is 9.29. The highest BCUT2D eigenvalue weighted by atomic mass is 32.1. The van der Waals surface area contributed by atoms with Gasteiger partial charge in [0.25, 0.3) is 0 Å². The van der Waals surface area contributed by atoms with Gasteiger partial charge in [0.1, 0.15) is 0 Å². The lowest BCUT2D eigenvalue weighted by atomic mass is 10.3. The van der Waals surface area contributed by atoms with Crippen LogP contribution in [-0.4, -0.2) is 20.1 Å². The molecular formula is C9H9N3OS. The molecule has 0 amide bonds. The van der Waals surface area contributed by atoms with Gasteiger partial charge < -0.3 is 5.11 Å². The summed E-state index contributed by atoms with van der Waals surface area (Å²) in [7, 11) is 0. The van der Waals surface area contributed by atoms with Gasteiger partial charge >= 0.3 is 0 Å². The SMILES string of the molecule is CC(O)c1csc(-c2ncccn2)n1. The van der Waals surface area contributed by atoms with Crippen LogP contribution in [0.3, 0.4) is 0 Å². The fourth-order valence-corrected chi connectivity index (χ4v) is 1.84. The van der Waals surface area contributed by atoms with Crippen LogP contribution in [0.4, 0.5) is 0 Å². The van der Waals surface area contributed by atoms with E-state index in [2.05, 4.69) is 15.0 Å². The predicted octanol–water partition coefficient (Wildman–Crippen LogP) is 1.65. The molecular weight excluding hydrogens is 198 g/mol. The van der Waals surface area contributed by atoms with E-state index in [4.69, 9.17) is 0 Å². The number of aliphatic hydroxyl groups excluding tert-OH is 1. The van der Waals surface area contributed by atoms with Gasteiger partial charge in [-0.3, -0.25) is 0 Å². The first-order valence-corrected chi connectivity index (χ1v) is 5.06. The molecule has 0 spiro atoms. The second-order valence-electron chi connectivity index (χ2n) is 2.83. The Balaban J connectivity index is 2.34. The monoisotopic (exact) mass is 207 g/mol. The lowest BCUT2D eigenvalue weighted by Gasteiger charge is -1.96. The van der Waals surface area contributed by atoms with Crippen molar-refractivity contribution in [2.45, 2.75) is 13.0 Å². The first-order valence-electron chi connectivity index (χ1n) is 4.18. The second-order valence-corrected chi connectivity index (χ2v) is 3.68. The van der Waals surface area contributed by atoms with Crippen molar-refractivity contribution in [2.24, 2.45) is 0 Å². The molecule has 4 nitrogen and oxygen atoms in total. The van der Waals surface area contributed by atoms with Gasteiger partial charge in [-0.15, -0.1) is 11.3 Å². The third-order valence-corrected chi connectivity index (χ3v) is 2.56. The van der Waals surface area contributed by atoms with Crippen molar-refractivity contribution in [3.05, 3.63) is 29.5 Å². The van der Waals surface area contributed by atoms with E-state index in [1.807, 2.05) is 5.38 Å². The number of thiazole rings is 1. The highest BCUT2D eigenvalue weighted by Gasteiger charge is 2.09. The molecule has 1 atom stereocenters. The van der Waals surface area contributed by atoms with E-state index in [9.17, 15) is 5.11 Å². The van der Waals surface area contributed by atoms with Gasteiger partial charge in [-0.05, 0) is 13.0 Å². The van der Waals surface area contributed by atoms with Crippen LogP contribution in [0.5, 0.6) is 0 Å². The molecule has 2 aromatic rings. The van der Waals surface area contributed by atoms with Crippen LogP contribution >= 0.6 is 11.3 Å². The number of hydrogen-bond acceptors (Lipinski definition) is 5. The number of nitrogens with zero attached hydrogens (tertiary/aromatic N) is 3. The summed E-state index contributed by atoms with van der Waals surface area (Å²) in [5, 5.41) is 11.8. The highest BCUT2D eigenvalue weighted by Crippen LogP contribution is 2.22. The van der Waals surface area contributed by atoms with Gasteiger partial charge in [0.15, 0.2) is 10.8 Å². The number of rotatable bonds is 2. The Hall–Kier alpha value is -1.33. The number of hydrogen-bond donors (Lipinski definition) is 1. The smallest absolute Gasteiger partial charge is 0.188 e. The summed E-state index contributed by atoms with van der Waals surface area (Å²) in [6.45, 7) is 1.69. The Morgan fingerprint density at radius 2 is 2.07 bits per heavy atom. The van der Waals surface area contributed by atoms with Crippen LogP contribution in [0.1, 0.15) is 18.7 Å². The highest BCUT2D eigenvalue weighted by molar-refractivity contribution is 7.13. The molecule has 72 valence electrons. The third-order valence-electron chi connectivity index (χ3n) is 1.71. The number of aliphatic hydroxyl groups is 1. The Labute approximate surface area is 85.3 Å². The van der Waals surface area contributed by atoms with E-state index in [0.29, 0.717) is 11.5 Å². The zero-order chi connectivity index (χ0) is 9.97. The third kappa shape index (κ3) is 1.78. The minimum Gasteiger partial charge on any atom is -0.387 e. The van der Waals surface area contributed by atoms with Crippen molar-refractivity contribution in [1.29, 1.82) is 0 Å². The first kappa shape index (κ1) is 9.23. The Morgan fingerprint density at radius 1 is 1.36 bits per heavy atom. The summed E-state index contributed by atoms with van der Waals surface area (Å²) < 4.78 is 0. The van der Waals surface area contributed by atoms with Gasteiger partial charge in [0.05, 0.1) is 11.8 Å². The zero-order valence-corrected chi connectivity index (χ0v) is 8.40. The molecule has 0 aromatic carbocycles. The van der Waals surface area contributed by atoms with Crippen molar-refractivity contribution in [3.8, 4) is 10.8 Å². The second kappa shape index (κ2) is 3.81. The van der Waals surface area contributed by atoms with Crippen molar-refractivity contribution >= 4 is 11.3 Å². The molecule has 2 aromatic heterocycles. The standard InChI is InChI=1S/C9H9N3OS/c1-6(13)7-5-14-9(12-7)8-10-3-2-4-11-8/h2-6,13H,1H3. The molecule has 2 rings (SSSR count). The molecule has 0 saturated carbocycles. The Kier molecular flexibility index (Phi) is 2.51. The molecule has 0 radical (unpaired) electrons. The fraction of sp³-hybridized carbons (Fsp3) is 0.222. The van der Waals surface area contributed by atoms with Crippen LogP contribution in [-0.2, 0) is 0 Å². The predicted molar refractivity (Wildman–Crippen MR) is 53.8 cm³/mol. The molecule has 0 bridgehead atoms. The van der Waals surface area contributed by atoms with Crippen molar-refractivity contribution < 1.29 is 5.11 Å². The summed E-state index contributed by atoms with van der Waals surface area (Å²) >= 11 is 1.43. The average molecular weight is 207 g/mol. The van der Waals surface area contributed by atoms with Gasteiger partial charge in [-0.1, -0.05) is 0 Å². The molecule has 14 heavy (non-hydrogen) atoms. The van der Waals surface area contributed by atoms with E-state index in [1.165, 1.54) is 11.3 Å². The topological polar surface area (TPSA) is 58.9 Å². The summed E-state index contributed by atoms with van der Waals surface area (Å²) in [6, 6.07) is 1.76. The lowest BCUT2D eigenvalue weighted by Crippen LogP contribution is -1.91. The van der Waals surface area contributed by atoms with Gasteiger partial charge in [-0.2, -0.15) is 0 Å². The summed E-state index contributed by atoms with van der Waals surface area (Å²) in [4.78, 5) is 12.4. The van der Waals surface area contributed by atoms with Crippen LogP contribution in [0, 0.1) is 0 Å². The molecule has 2 heterocycles. The Bertz CT molecular complexity index is 413. The fourth-order valence-electron chi connectivity index (χ4n) is 0.990. The van der Waals surface area contributed by atoms with Gasteiger partial charge in [-0.25, -0.2) is 15.0 Å². The van der Waals surface area contributed by atoms with Gasteiger partial charge in [0, 0.05) is 17.8 Å². The summed E-state index contributed by atoms with van der Waals surface area (Å²) in [5.74, 6) is 0.601. The average Bonchev–Trinajstić information content (AvgIpc) is 2.68. The van der Waals surface area contributed by atoms with Crippen LogP contribution in [0.15, 0.2) is 23.8 Å². The molecule has 5 heteroatoms. The van der Waals surface area contributed by atoms with E-state index < -0.39 is 6.10 Å². The van der Waals surface area contributed by atoms with Gasteiger partial charge in [0.2, 0.25) is 0 Å². The largest absolute Gasteiger partial charge is 0.387 e. The van der Waals surface area contributed by atoms with E-state index >= 15 is 0 Å². The maximum Gasteiger partial charge on any atom is 0.188 e. The van der Waals surface area contributed by atoms with E-state index in [-0.39, 0.29) is 0 Å². The molecule has 0 aliphatic rings. The maximum absolute atomic E-state index is 9.29. The minimum atomic E-state index is -0.538. The molecule has 1 N–H and O–H groups in total. The minimum absolute atomic E-state index is 0.538. The quantitative estimate of drug-likeness (QED) is 0.813. The summed E-state index contributed by atoms with van der Waals surface area (Å²) in [5.41, 5.74) is 0.664. The zero-order valence-electron chi connectivity index (χ0n) is 7.58. The molecule has 0 fully saturated rings. The first-order chi connectivity index (χ1) is 6.77. The normalized spacial score (nSPS) is 12.7. The number of aromatic nitrogens is 3. The lowest BCUT2D eigenvalue weighted by molar-refractivity contribution is 0.195. The Morgan fingerprint density at radius 3 is 2.64 bits per heavy atom. The molecule has 0 aliphatic heterocycles.